The Morgan fingerprint density at radius 2 is 1.36 bits per heavy atom. The van der Waals surface area contributed by atoms with E-state index in [9.17, 15) is 39.9 Å². The smallest absolute Gasteiger partial charge is 0.343 e. The molecule has 0 aliphatic carbocycles. The van der Waals surface area contributed by atoms with Crippen LogP contribution in [0.1, 0.15) is 39.0 Å². The van der Waals surface area contributed by atoms with Crippen molar-refractivity contribution in [2.75, 3.05) is 4.90 Å². The molecule has 0 amide bonds. The summed E-state index contributed by atoms with van der Waals surface area (Å²) in [5, 5.41) is -0.637. The van der Waals surface area contributed by atoms with Crippen molar-refractivity contribution in [3.05, 3.63) is 20.8 Å². The number of nitrogens with zero attached hydrogens (tertiary/aromatic N) is 2. The summed E-state index contributed by atoms with van der Waals surface area (Å²) in [6, 6.07) is -1.01. The number of halogens is 8. The molecule has 1 heterocycles. The molecule has 0 radical (unpaired) electrons. The van der Waals surface area contributed by atoms with Crippen LogP contribution in [0.25, 0.3) is 0 Å². The third kappa shape index (κ3) is 4.21. The molecule has 3 nitrogen and oxygen atoms in total. The molecular weight excluding hydrogens is 384 g/mol. The van der Waals surface area contributed by atoms with E-state index in [4.69, 9.17) is 0 Å². The van der Waals surface area contributed by atoms with Gasteiger partial charge >= 0.3 is 18.3 Å². The van der Waals surface area contributed by atoms with E-state index in [0.717, 1.165) is 0 Å². The van der Waals surface area contributed by atoms with Crippen LogP contribution in [-0.2, 0) is 12.1 Å². The molecule has 0 unspecified atom stereocenters. The summed E-state index contributed by atoms with van der Waals surface area (Å²) >= 11 is -0.125. The van der Waals surface area contributed by atoms with Crippen molar-refractivity contribution in [1.29, 1.82) is 0 Å². The molecule has 0 atom stereocenters. The second-order valence-electron chi connectivity index (χ2n) is 5.67. The van der Waals surface area contributed by atoms with Gasteiger partial charge in [-0.2, -0.15) is 35.1 Å². The van der Waals surface area contributed by atoms with E-state index in [0.29, 0.717) is 0 Å². The molecule has 1 aromatic heterocycles. The lowest BCUT2D eigenvalue weighted by molar-refractivity contribution is -0.292. The van der Waals surface area contributed by atoms with Gasteiger partial charge in [-0.3, -0.25) is 4.79 Å². The van der Waals surface area contributed by atoms with Gasteiger partial charge in [0.15, 0.2) is 5.13 Å². The Balaban J connectivity index is 3.87. The molecule has 0 bridgehead atoms. The highest BCUT2D eigenvalue weighted by Crippen LogP contribution is 2.47. The van der Waals surface area contributed by atoms with Crippen LogP contribution in [0.4, 0.5) is 40.3 Å². The molecule has 1 aromatic rings. The van der Waals surface area contributed by atoms with Crippen molar-refractivity contribution in [2.45, 2.75) is 58.1 Å². The van der Waals surface area contributed by atoms with Gasteiger partial charge in [0.1, 0.15) is 11.3 Å². The van der Waals surface area contributed by atoms with E-state index in [1.165, 1.54) is 32.6 Å². The summed E-state index contributed by atoms with van der Waals surface area (Å²) in [7, 11) is 0. The molecule has 0 spiro atoms. The van der Waals surface area contributed by atoms with E-state index < -0.39 is 51.5 Å². The molecule has 25 heavy (non-hydrogen) atoms. The topological polar surface area (TPSA) is 33.2 Å². The highest BCUT2D eigenvalue weighted by Gasteiger charge is 2.63. The van der Waals surface area contributed by atoms with Crippen molar-refractivity contribution in [2.24, 2.45) is 0 Å². The number of hydrogen-bond acceptors (Lipinski definition) is 4. The van der Waals surface area contributed by atoms with Crippen LogP contribution in [0.5, 0.6) is 0 Å². The summed E-state index contributed by atoms with van der Waals surface area (Å²) in [5.41, 5.74) is -5.23. The Kier molecular flexibility index (Phi) is 5.77. The predicted molar refractivity (Wildman–Crippen MR) is 76.1 cm³/mol. The average Bonchev–Trinajstić information content (AvgIpc) is 2.33. The SMILES string of the molecule is CC(C)N(c1nc(C(F)(F)C(F)(F)F)c(C(F)(F)F)c(=O)s1)C(C)C. The first-order valence-corrected chi connectivity index (χ1v) is 7.69. The number of alkyl halides is 8. The van der Waals surface area contributed by atoms with Gasteiger partial charge in [-0.1, -0.05) is 11.3 Å². The second-order valence-corrected chi connectivity index (χ2v) is 6.61. The van der Waals surface area contributed by atoms with Crippen LogP contribution >= 0.6 is 11.3 Å². The lowest BCUT2D eigenvalue weighted by atomic mass is 10.1. The van der Waals surface area contributed by atoms with Crippen LogP contribution in [-0.4, -0.2) is 23.2 Å². The molecule has 12 heteroatoms. The molecular formula is C13H14F8N2OS. The molecule has 1 rings (SSSR count). The molecule has 0 saturated carbocycles. The van der Waals surface area contributed by atoms with E-state index in [1.54, 1.807) is 0 Å². The van der Waals surface area contributed by atoms with Gasteiger partial charge in [0.2, 0.25) is 4.74 Å². The van der Waals surface area contributed by atoms with E-state index in [-0.39, 0.29) is 11.3 Å². The maximum atomic E-state index is 13.6. The first-order chi connectivity index (χ1) is 11.0. The predicted octanol–water partition coefficient (Wildman–Crippen LogP) is 4.80. The fourth-order valence-corrected chi connectivity index (χ4v) is 3.31. The highest BCUT2D eigenvalue weighted by atomic mass is 32.1. The Hall–Kier alpha value is -1.46. The van der Waals surface area contributed by atoms with Crippen molar-refractivity contribution in [1.82, 2.24) is 4.98 Å². The van der Waals surface area contributed by atoms with Gasteiger partial charge in [-0.05, 0) is 27.7 Å². The van der Waals surface area contributed by atoms with E-state index in [2.05, 4.69) is 4.98 Å². The molecule has 0 N–H and O–H groups in total. The van der Waals surface area contributed by atoms with Crippen LogP contribution in [0.15, 0.2) is 4.79 Å². The van der Waals surface area contributed by atoms with Gasteiger partial charge in [-0.15, -0.1) is 0 Å². The Morgan fingerprint density at radius 3 is 1.68 bits per heavy atom. The number of hydrogen-bond donors (Lipinski definition) is 0. The fraction of sp³-hybridized carbons (Fsp3) is 0.692. The van der Waals surface area contributed by atoms with Gasteiger partial charge < -0.3 is 4.90 Å². The standard InChI is InChI=1S/C13H14F8N2OS/c1-5(2)23(6(3)4)10-22-8(11(14,15)13(19,20)21)7(9(24)25-10)12(16,17)18/h5-6H,1-4H3. The quantitative estimate of drug-likeness (QED) is 0.684. The number of anilines is 1. The minimum absolute atomic E-state index is 0.125. The monoisotopic (exact) mass is 398 g/mol. The first kappa shape index (κ1) is 21.6. The number of rotatable bonds is 4. The summed E-state index contributed by atoms with van der Waals surface area (Å²) in [5.74, 6) is -5.93. The molecule has 144 valence electrons. The summed E-state index contributed by atoms with van der Waals surface area (Å²) in [6.07, 6.45) is -12.0. The molecule has 0 saturated heterocycles. The zero-order valence-corrected chi connectivity index (χ0v) is 14.2. The van der Waals surface area contributed by atoms with Crippen LogP contribution in [0.3, 0.4) is 0 Å². The van der Waals surface area contributed by atoms with E-state index >= 15 is 0 Å². The Bertz CT molecular complexity index is 670. The highest BCUT2D eigenvalue weighted by molar-refractivity contribution is 7.13. The summed E-state index contributed by atoms with van der Waals surface area (Å²) in [4.78, 5) is 15.9. The summed E-state index contributed by atoms with van der Waals surface area (Å²) < 4.78 is 102. The maximum Gasteiger partial charge on any atom is 0.459 e. The normalized spacial score (nSPS) is 13.7. The van der Waals surface area contributed by atoms with Crippen LogP contribution < -0.4 is 9.64 Å². The Labute approximate surface area is 141 Å². The van der Waals surface area contributed by atoms with Crippen LogP contribution in [0.2, 0.25) is 0 Å². The van der Waals surface area contributed by atoms with Crippen LogP contribution in [0, 0.1) is 0 Å². The average molecular weight is 398 g/mol. The van der Waals surface area contributed by atoms with Crippen molar-refractivity contribution in [3.8, 4) is 0 Å². The summed E-state index contributed by atoms with van der Waals surface area (Å²) in [6.45, 7) is 6.10. The third-order valence-corrected chi connectivity index (χ3v) is 3.98. The molecule has 0 fully saturated rings. The van der Waals surface area contributed by atoms with Crippen molar-refractivity contribution in [3.63, 3.8) is 0 Å². The van der Waals surface area contributed by atoms with Gasteiger partial charge in [0.05, 0.1) is 0 Å². The largest absolute Gasteiger partial charge is 0.459 e. The van der Waals surface area contributed by atoms with Crippen molar-refractivity contribution < 1.29 is 35.1 Å². The number of aromatic nitrogens is 1. The first-order valence-electron chi connectivity index (χ1n) is 6.87. The molecule has 0 aliphatic rings. The minimum Gasteiger partial charge on any atom is -0.343 e. The Morgan fingerprint density at radius 1 is 0.920 bits per heavy atom. The maximum absolute atomic E-state index is 13.6. The zero-order valence-electron chi connectivity index (χ0n) is 13.4. The zero-order chi connectivity index (χ0) is 20.0. The van der Waals surface area contributed by atoms with Gasteiger partial charge in [-0.25, -0.2) is 4.98 Å². The van der Waals surface area contributed by atoms with Crippen molar-refractivity contribution >= 4 is 16.5 Å². The lowest BCUT2D eigenvalue weighted by Crippen LogP contribution is -2.41. The third-order valence-electron chi connectivity index (χ3n) is 3.10. The van der Waals surface area contributed by atoms with E-state index in [1.807, 2.05) is 0 Å². The molecule has 0 aromatic carbocycles. The molecule has 0 aliphatic heterocycles. The fourth-order valence-electron chi connectivity index (χ4n) is 2.16. The lowest BCUT2D eigenvalue weighted by Gasteiger charge is -2.32. The van der Waals surface area contributed by atoms with Gasteiger partial charge in [0.25, 0.3) is 0 Å². The minimum atomic E-state index is -6.34. The van der Waals surface area contributed by atoms with Gasteiger partial charge in [0, 0.05) is 12.1 Å². The second kappa shape index (κ2) is 6.69.